The van der Waals surface area contributed by atoms with Crippen LogP contribution in [0.3, 0.4) is 0 Å². The average molecular weight is 327 g/mol. The van der Waals surface area contributed by atoms with Crippen LogP contribution in [-0.4, -0.2) is 31.1 Å². The highest BCUT2D eigenvalue weighted by atomic mass is 79.9. The van der Waals surface area contributed by atoms with Crippen LogP contribution in [-0.2, 0) is 0 Å². The third-order valence-electron chi connectivity index (χ3n) is 3.51. The van der Waals surface area contributed by atoms with E-state index in [2.05, 4.69) is 32.7 Å². The zero-order valence-electron chi connectivity index (χ0n) is 11.0. The maximum atomic E-state index is 13.6. The van der Waals surface area contributed by atoms with E-state index in [-0.39, 0.29) is 11.9 Å². The lowest BCUT2D eigenvalue weighted by Gasteiger charge is -2.35. The molecule has 4 heteroatoms. The van der Waals surface area contributed by atoms with Crippen molar-refractivity contribution in [2.45, 2.75) is 18.9 Å². The molecule has 1 fully saturated rings. The molecule has 0 spiro atoms. The first kappa shape index (κ1) is 14.7. The zero-order valence-corrected chi connectivity index (χ0v) is 12.6. The summed E-state index contributed by atoms with van der Waals surface area (Å²) in [6.45, 7) is 7.81. The number of nitrogens with zero attached hydrogens (tertiary/aromatic N) is 1. The molecule has 1 aromatic rings. The van der Waals surface area contributed by atoms with Gasteiger partial charge in [0.1, 0.15) is 5.82 Å². The van der Waals surface area contributed by atoms with Crippen LogP contribution in [0.5, 0.6) is 0 Å². The van der Waals surface area contributed by atoms with Gasteiger partial charge in [0.25, 0.3) is 0 Å². The van der Waals surface area contributed by atoms with Crippen LogP contribution in [0, 0.1) is 5.82 Å². The van der Waals surface area contributed by atoms with Crippen molar-refractivity contribution in [2.75, 3.05) is 26.2 Å². The molecule has 1 N–H and O–H groups in total. The molecular weight excluding hydrogens is 307 g/mol. The second kappa shape index (κ2) is 7.17. The first-order chi connectivity index (χ1) is 9.20. The lowest BCUT2D eigenvalue weighted by molar-refractivity contribution is 0.166. The van der Waals surface area contributed by atoms with Crippen molar-refractivity contribution >= 4 is 15.9 Å². The summed E-state index contributed by atoms with van der Waals surface area (Å²) in [7, 11) is 0. The number of hydrogen-bond acceptors (Lipinski definition) is 2. The van der Waals surface area contributed by atoms with E-state index in [1.807, 2.05) is 12.1 Å². The molecule has 1 aliphatic rings. The molecule has 0 aromatic heterocycles. The Bertz CT molecular complexity index is 410. The van der Waals surface area contributed by atoms with Gasteiger partial charge in [-0.15, -0.1) is 6.58 Å². The Morgan fingerprint density at radius 2 is 2.11 bits per heavy atom. The summed E-state index contributed by atoms with van der Waals surface area (Å²) in [6.07, 6.45) is 3.87. The van der Waals surface area contributed by atoms with Crippen molar-refractivity contribution in [3.05, 3.63) is 46.7 Å². The molecule has 0 amide bonds. The Labute approximate surface area is 122 Å². The molecule has 0 saturated carbocycles. The number of hydrogen-bond donors (Lipinski definition) is 1. The van der Waals surface area contributed by atoms with E-state index in [0.29, 0.717) is 0 Å². The molecule has 0 bridgehead atoms. The van der Waals surface area contributed by atoms with Crippen molar-refractivity contribution in [2.24, 2.45) is 0 Å². The molecule has 0 radical (unpaired) electrons. The van der Waals surface area contributed by atoms with Gasteiger partial charge in [0.05, 0.1) is 0 Å². The quantitative estimate of drug-likeness (QED) is 0.833. The van der Waals surface area contributed by atoms with Gasteiger partial charge in [-0.1, -0.05) is 22.0 Å². The minimum absolute atomic E-state index is 0.178. The molecule has 1 aliphatic heterocycles. The van der Waals surface area contributed by atoms with Crippen LogP contribution in [0.4, 0.5) is 4.39 Å². The van der Waals surface area contributed by atoms with E-state index in [4.69, 9.17) is 0 Å². The van der Waals surface area contributed by atoms with Crippen LogP contribution in [0.1, 0.15) is 24.4 Å². The first-order valence-corrected chi connectivity index (χ1v) is 7.51. The SMILES string of the molecule is C=CCC[C@@H](c1cc(F)cc(Br)c1)N1CCNCC1. The lowest BCUT2D eigenvalue weighted by atomic mass is 9.99. The summed E-state index contributed by atoms with van der Waals surface area (Å²) in [5.41, 5.74) is 1.05. The second-order valence-corrected chi connectivity index (χ2v) is 5.79. The van der Waals surface area contributed by atoms with Gasteiger partial charge in [-0.05, 0) is 36.6 Å². The Kier molecular flexibility index (Phi) is 5.55. The number of halogens is 2. The molecule has 1 heterocycles. The monoisotopic (exact) mass is 326 g/mol. The van der Waals surface area contributed by atoms with Gasteiger partial charge in [0.2, 0.25) is 0 Å². The molecule has 104 valence electrons. The molecule has 1 atom stereocenters. The van der Waals surface area contributed by atoms with Gasteiger partial charge < -0.3 is 5.32 Å². The van der Waals surface area contributed by atoms with Crippen molar-refractivity contribution in [1.82, 2.24) is 10.2 Å². The predicted octanol–water partition coefficient (Wildman–Crippen LogP) is 3.50. The summed E-state index contributed by atoms with van der Waals surface area (Å²) in [4.78, 5) is 2.43. The van der Waals surface area contributed by atoms with Crippen molar-refractivity contribution < 1.29 is 4.39 Å². The van der Waals surface area contributed by atoms with E-state index in [1.165, 1.54) is 6.07 Å². The molecule has 1 saturated heterocycles. The van der Waals surface area contributed by atoms with E-state index in [1.54, 1.807) is 6.07 Å². The van der Waals surface area contributed by atoms with Gasteiger partial charge in [-0.25, -0.2) is 4.39 Å². The summed E-state index contributed by atoms with van der Waals surface area (Å²) >= 11 is 3.38. The van der Waals surface area contributed by atoms with Gasteiger partial charge in [0, 0.05) is 36.7 Å². The van der Waals surface area contributed by atoms with Crippen LogP contribution < -0.4 is 5.32 Å². The van der Waals surface area contributed by atoms with Gasteiger partial charge >= 0.3 is 0 Å². The topological polar surface area (TPSA) is 15.3 Å². The second-order valence-electron chi connectivity index (χ2n) is 4.87. The fraction of sp³-hybridized carbons (Fsp3) is 0.467. The molecular formula is C15H20BrFN2. The van der Waals surface area contributed by atoms with Crippen molar-refractivity contribution in [1.29, 1.82) is 0 Å². The third-order valence-corrected chi connectivity index (χ3v) is 3.96. The number of benzene rings is 1. The number of piperazine rings is 1. The Morgan fingerprint density at radius 1 is 1.37 bits per heavy atom. The summed E-state index contributed by atoms with van der Waals surface area (Å²) in [6, 6.07) is 5.46. The fourth-order valence-corrected chi connectivity index (χ4v) is 3.08. The van der Waals surface area contributed by atoms with E-state index in [9.17, 15) is 4.39 Å². The molecule has 2 rings (SSSR count). The van der Waals surface area contributed by atoms with Crippen LogP contribution >= 0.6 is 15.9 Å². The first-order valence-electron chi connectivity index (χ1n) is 6.72. The normalized spacial score (nSPS) is 18.2. The highest BCUT2D eigenvalue weighted by molar-refractivity contribution is 9.10. The molecule has 19 heavy (non-hydrogen) atoms. The largest absolute Gasteiger partial charge is 0.314 e. The highest BCUT2D eigenvalue weighted by Gasteiger charge is 2.22. The van der Waals surface area contributed by atoms with E-state index < -0.39 is 0 Å². The number of allylic oxidation sites excluding steroid dienone is 1. The van der Waals surface area contributed by atoms with Crippen LogP contribution in [0.25, 0.3) is 0 Å². The standard InChI is InChI=1S/C15H20BrFN2/c1-2-3-4-15(19-7-5-18-6-8-19)12-9-13(16)11-14(17)10-12/h2,9-11,15,18H,1,3-8H2/t15-/m0/s1. The maximum absolute atomic E-state index is 13.6. The Balaban J connectivity index is 2.21. The summed E-state index contributed by atoms with van der Waals surface area (Å²) in [5.74, 6) is -0.178. The van der Waals surface area contributed by atoms with Crippen molar-refractivity contribution in [3.63, 3.8) is 0 Å². The molecule has 1 aromatic carbocycles. The predicted molar refractivity (Wildman–Crippen MR) is 80.7 cm³/mol. The Hall–Kier alpha value is -0.710. The highest BCUT2D eigenvalue weighted by Crippen LogP contribution is 2.29. The number of nitrogens with one attached hydrogen (secondary N) is 1. The number of rotatable bonds is 5. The average Bonchev–Trinajstić information content (AvgIpc) is 2.39. The zero-order chi connectivity index (χ0) is 13.7. The van der Waals surface area contributed by atoms with Crippen LogP contribution in [0.15, 0.2) is 35.3 Å². The minimum atomic E-state index is -0.178. The molecule has 0 aliphatic carbocycles. The maximum Gasteiger partial charge on any atom is 0.124 e. The van der Waals surface area contributed by atoms with Crippen molar-refractivity contribution in [3.8, 4) is 0 Å². The Morgan fingerprint density at radius 3 is 2.74 bits per heavy atom. The third kappa shape index (κ3) is 4.13. The minimum Gasteiger partial charge on any atom is -0.314 e. The van der Waals surface area contributed by atoms with Gasteiger partial charge in [-0.2, -0.15) is 0 Å². The van der Waals surface area contributed by atoms with E-state index in [0.717, 1.165) is 49.1 Å². The summed E-state index contributed by atoms with van der Waals surface area (Å²) in [5, 5.41) is 3.35. The lowest BCUT2D eigenvalue weighted by Crippen LogP contribution is -2.45. The molecule has 2 nitrogen and oxygen atoms in total. The summed E-state index contributed by atoms with van der Waals surface area (Å²) < 4.78 is 14.4. The fourth-order valence-electron chi connectivity index (χ4n) is 2.60. The van der Waals surface area contributed by atoms with E-state index >= 15 is 0 Å². The van der Waals surface area contributed by atoms with Crippen LogP contribution in [0.2, 0.25) is 0 Å². The van der Waals surface area contributed by atoms with Gasteiger partial charge in [0.15, 0.2) is 0 Å². The smallest absolute Gasteiger partial charge is 0.124 e. The molecule has 0 unspecified atom stereocenters. The van der Waals surface area contributed by atoms with Gasteiger partial charge in [-0.3, -0.25) is 4.90 Å².